The van der Waals surface area contributed by atoms with E-state index in [1.165, 1.54) is 11.0 Å². The van der Waals surface area contributed by atoms with E-state index in [1.54, 1.807) is 4.90 Å². The Morgan fingerprint density at radius 1 is 1.04 bits per heavy atom. The third kappa shape index (κ3) is 3.28. The molecule has 0 atom stereocenters. The molecule has 3 heterocycles. The molecule has 0 spiro atoms. The van der Waals surface area contributed by atoms with E-state index >= 15 is 0 Å². The molecule has 2 aromatic heterocycles. The van der Waals surface area contributed by atoms with Crippen LogP contribution in [0, 0.1) is 0 Å². The normalized spacial score (nSPS) is 14.8. The van der Waals surface area contributed by atoms with Gasteiger partial charge in [-0.3, -0.25) is 9.59 Å². The van der Waals surface area contributed by atoms with Crippen LogP contribution in [0.5, 0.6) is 0 Å². The number of nitrogens with zero attached hydrogens (tertiary/aromatic N) is 6. The Balaban J connectivity index is 1.32. The molecule has 0 unspecified atom stereocenters. The molecule has 9 nitrogen and oxygen atoms in total. The van der Waals surface area contributed by atoms with Gasteiger partial charge in [0, 0.05) is 43.3 Å². The van der Waals surface area contributed by atoms with Gasteiger partial charge in [-0.15, -0.1) is 5.10 Å². The molecule has 1 fully saturated rings. The van der Waals surface area contributed by atoms with E-state index in [-0.39, 0.29) is 18.4 Å². The Kier molecular flexibility index (Phi) is 4.34. The van der Waals surface area contributed by atoms with Gasteiger partial charge in [0.15, 0.2) is 0 Å². The van der Waals surface area contributed by atoms with Gasteiger partial charge in [-0.1, -0.05) is 18.2 Å². The molecule has 3 aromatic rings. The van der Waals surface area contributed by atoms with Crippen LogP contribution < -0.4 is 0 Å². The number of fused-ring (bicyclic) bond motifs is 1. The summed E-state index contributed by atoms with van der Waals surface area (Å²) < 4.78 is 1.40. The number of hydrogen-bond donors (Lipinski definition) is 1. The Morgan fingerprint density at radius 3 is 2.50 bits per heavy atom. The summed E-state index contributed by atoms with van der Waals surface area (Å²) in [6, 6.07) is 7.96. The average molecular weight is 353 g/mol. The molecule has 0 bridgehead atoms. The lowest BCUT2D eigenvalue weighted by molar-refractivity contribution is -0.139. The van der Waals surface area contributed by atoms with Crippen molar-refractivity contribution in [1.82, 2.24) is 35.0 Å². The number of tetrazole rings is 1. The van der Waals surface area contributed by atoms with Crippen molar-refractivity contribution in [3.63, 3.8) is 0 Å². The molecule has 1 aliphatic heterocycles. The Bertz CT molecular complexity index is 910. The zero-order chi connectivity index (χ0) is 17.9. The number of H-pyrrole nitrogens is 1. The van der Waals surface area contributed by atoms with E-state index in [0.29, 0.717) is 32.6 Å². The van der Waals surface area contributed by atoms with Crippen LogP contribution in [-0.2, 0) is 22.6 Å². The number of benzene rings is 1. The van der Waals surface area contributed by atoms with Crippen LogP contribution >= 0.6 is 0 Å². The first-order chi connectivity index (χ1) is 12.7. The van der Waals surface area contributed by atoms with Crippen molar-refractivity contribution >= 4 is 22.7 Å². The highest BCUT2D eigenvalue weighted by Gasteiger charge is 2.24. The summed E-state index contributed by atoms with van der Waals surface area (Å²) in [5.41, 5.74) is 2.04. The molecule has 1 saturated heterocycles. The fraction of sp³-hybridized carbons (Fsp3) is 0.353. The molecule has 1 aromatic carbocycles. The lowest BCUT2D eigenvalue weighted by Gasteiger charge is -2.34. The van der Waals surface area contributed by atoms with Crippen molar-refractivity contribution in [1.29, 1.82) is 0 Å². The van der Waals surface area contributed by atoms with Gasteiger partial charge in [0.25, 0.3) is 0 Å². The second-order valence-electron chi connectivity index (χ2n) is 6.31. The molecule has 1 aliphatic rings. The largest absolute Gasteiger partial charge is 0.361 e. The molecule has 0 aliphatic carbocycles. The third-order valence-corrected chi connectivity index (χ3v) is 4.69. The van der Waals surface area contributed by atoms with Gasteiger partial charge in [-0.05, 0) is 22.1 Å². The first-order valence-corrected chi connectivity index (χ1v) is 8.52. The number of piperazine rings is 1. The molecule has 26 heavy (non-hydrogen) atoms. The summed E-state index contributed by atoms with van der Waals surface area (Å²) in [6.45, 7) is 2.27. The second kappa shape index (κ2) is 6.95. The predicted octanol–water partition coefficient (Wildman–Crippen LogP) is 0.0679. The second-order valence-corrected chi connectivity index (χ2v) is 6.31. The summed E-state index contributed by atoms with van der Waals surface area (Å²) in [5, 5.41) is 11.8. The first kappa shape index (κ1) is 16.2. The molecule has 1 N–H and O–H groups in total. The summed E-state index contributed by atoms with van der Waals surface area (Å²) in [5.74, 6) is 0.0448. The number of carbonyl (C=O) groups excluding carboxylic acids is 2. The van der Waals surface area contributed by atoms with Gasteiger partial charge < -0.3 is 14.8 Å². The quantitative estimate of drug-likeness (QED) is 0.715. The maximum Gasteiger partial charge on any atom is 0.244 e. The van der Waals surface area contributed by atoms with E-state index in [0.717, 1.165) is 16.5 Å². The van der Waals surface area contributed by atoms with E-state index in [9.17, 15) is 9.59 Å². The molecule has 134 valence electrons. The zero-order valence-electron chi connectivity index (χ0n) is 14.2. The number of para-hydroxylation sites is 1. The number of amides is 2. The van der Waals surface area contributed by atoms with Gasteiger partial charge in [0.05, 0.1) is 6.42 Å². The summed E-state index contributed by atoms with van der Waals surface area (Å²) in [6.07, 6.45) is 3.68. The highest BCUT2D eigenvalue weighted by Crippen LogP contribution is 2.19. The lowest BCUT2D eigenvalue weighted by Crippen LogP contribution is -2.51. The first-order valence-electron chi connectivity index (χ1n) is 8.52. The van der Waals surface area contributed by atoms with Crippen LogP contribution in [0.25, 0.3) is 10.9 Å². The third-order valence-electron chi connectivity index (χ3n) is 4.69. The monoisotopic (exact) mass is 353 g/mol. The van der Waals surface area contributed by atoms with Crippen molar-refractivity contribution in [2.24, 2.45) is 0 Å². The van der Waals surface area contributed by atoms with Crippen LogP contribution in [0.2, 0.25) is 0 Å². The number of nitrogens with one attached hydrogen (secondary N) is 1. The summed E-state index contributed by atoms with van der Waals surface area (Å²) in [4.78, 5) is 31.6. The number of carbonyl (C=O) groups is 2. The minimum atomic E-state index is -0.0407. The summed E-state index contributed by atoms with van der Waals surface area (Å²) in [7, 11) is 0. The predicted molar refractivity (Wildman–Crippen MR) is 93.0 cm³/mol. The van der Waals surface area contributed by atoms with Gasteiger partial charge in [-0.2, -0.15) is 0 Å². The van der Waals surface area contributed by atoms with Crippen molar-refractivity contribution in [2.45, 2.75) is 13.0 Å². The number of hydrogen-bond acceptors (Lipinski definition) is 5. The Labute approximate surface area is 149 Å². The van der Waals surface area contributed by atoms with Crippen molar-refractivity contribution in [3.8, 4) is 0 Å². The van der Waals surface area contributed by atoms with Crippen LogP contribution in [0.4, 0.5) is 0 Å². The van der Waals surface area contributed by atoms with Gasteiger partial charge in [0.1, 0.15) is 12.9 Å². The molecule has 4 rings (SSSR count). The molecular weight excluding hydrogens is 334 g/mol. The smallest absolute Gasteiger partial charge is 0.244 e. The fourth-order valence-electron chi connectivity index (χ4n) is 3.25. The Hall–Kier alpha value is -3.23. The van der Waals surface area contributed by atoms with E-state index in [2.05, 4.69) is 20.5 Å². The minimum Gasteiger partial charge on any atom is -0.361 e. The molecule has 0 saturated carbocycles. The van der Waals surface area contributed by atoms with Gasteiger partial charge >= 0.3 is 0 Å². The van der Waals surface area contributed by atoms with E-state index < -0.39 is 0 Å². The standard InChI is InChI=1S/C17H19N7O2/c25-16(9-13-10-18-15-4-2-1-3-14(13)15)22-5-7-23(8-6-22)17(26)11-24-12-19-20-21-24/h1-4,10,12,18H,5-9,11H2. The van der Waals surface area contributed by atoms with Crippen molar-refractivity contribution in [2.75, 3.05) is 26.2 Å². The van der Waals surface area contributed by atoms with Crippen LogP contribution in [-0.4, -0.2) is 73.0 Å². The number of aromatic amines is 1. The topological polar surface area (TPSA) is 100 Å². The van der Waals surface area contributed by atoms with Crippen LogP contribution in [0.1, 0.15) is 5.56 Å². The highest BCUT2D eigenvalue weighted by molar-refractivity contribution is 5.89. The van der Waals surface area contributed by atoms with E-state index in [1.807, 2.05) is 35.4 Å². The molecule has 9 heteroatoms. The van der Waals surface area contributed by atoms with Gasteiger partial charge in [0.2, 0.25) is 11.8 Å². The molecule has 0 radical (unpaired) electrons. The number of rotatable bonds is 4. The lowest BCUT2D eigenvalue weighted by atomic mass is 10.1. The SMILES string of the molecule is O=C(Cc1c[nH]c2ccccc12)N1CCN(C(=O)Cn2cnnn2)CC1. The van der Waals surface area contributed by atoms with Crippen LogP contribution in [0.3, 0.4) is 0 Å². The zero-order valence-corrected chi connectivity index (χ0v) is 14.2. The maximum atomic E-state index is 12.6. The molecular formula is C17H19N7O2. The summed E-state index contributed by atoms with van der Waals surface area (Å²) >= 11 is 0. The minimum absolute atomic E-state index is 0.0407. The maximum absolute atomic E-state index is 12.6. The Morgan fingerprint density at radius 2 is 1.77 bits per heavy atom. The van der Waals surface area contributed by atoms with Gasteiger partial charge in [-0.25, -0.2) is 4.68 Å². The average Bonchev–Trinajstić information content (AvgIpc) is 3.32. The number of aromatic nitrogens is 5. The van der Waals surface area contributed by atoms with Crippen LogP contribution in [0.15, 0.2) is 36.8 Å². The molecule has 2 amide bonds. The van der Waals surface area contributed by atoms with E-state index in [4.69, 9.17) is 0 Å². The fourth-order valence-corrected chi connectivity index (χ4v) is 3.25. The van der Waals surface area contributed by atoms with Crippen molar-refractivity contribution < 1.29 is 9.59 Å². The van der Waals surface area contributed by atoms with Crippen molar-refractivity contribution in [3.05, 3.63) is 42.4 Å². The highest BCUT2D eigenvalue weighted by atomic mass is 16.2.